The molecule has 6 N–H and O–H groups in total. The van der Waals surface area contributed by atoms with E-state index in [1.54, 1.807) is 0 Å². The van der Waals surface area contributed by atoms with Crippen molar-refractivity contribution in [2.75, 3.05) is 11.5 Å². The molecule has 0 aromatic carbocycles. The molecule has 0 fully saturated rings. The molecule has 0 radical (unpaired) electrons. The maximum absolute atomic E-state index is 11.2. The summed E-state index contributed by atoms with van der Waals surface area (Å²) in [6.45, 7) is 0. The average Bonchev–Trinajstić information content (AvgIpc) is 2.13. The first-order chi connectivity index (χ1) is 6.84. The Morgan fingerprint density at radius 2 is 1.60 bits per heavy atom. The van der Waals surface area contributed by atoms with Gasteiger partial charge in [-0.05, 0) is 6.42 Å². The van der Waals surface area contributed by atoms with Gasteiger partial charge < -0.3 is 21.7 Å². The first kappa shape index (κ1) is 14.0. The Labute approximate surface area is 88.9 Å². The van der Waals surface area contributed by atoms with Crippen LogP contribution in [0, 0.1) is 0 Å². The number of aliphatic carboxylic acids is 2. The Kier molecular flexibility index (Phi) is 6.06. The molecule has 0 spiro atoms. The van der Waals surface area contributed by atoms with Crippen LogP contribution in [0.15, 0.2) is 0 Å². The van der Waals surface area contributed by atoms with E-state index in [1.807, 2.05) is 0 Å². The van der Waals surface area contributed by atoms with Crippen molar-refractivity contribution in [3.8, 4) is 0 Å². The third-order valence-electron chi connectivity index (χ3n) is 1.66. The summed E-state index contributed by atoms with van der Waals surface area (Å²) in [5, 5.41) is 16.8. The zero-order valence-electron chi connectivity index (χ0n) is 7.96. The molecule has 1 unspecified atom stereocenters. The number of hydrogen-bond acceptors (Lipinski definition) is 5. The van der Waals surface area contributed by atoms with Gasteiger partial charge in [-0.1, -0.05) is 0 Å². The van der Waals surface area contributed by atoms with Crippen LogP contribution in [0.5, 0.6) is 0 Å². The van der Waals surface area contributed by atoms with E-state index >= 15 is 0 Å². The summed E-state index contributed by atoms with van der Waals surface area (Å²) in [5.41, 5.74) is 10.3. The van der Waals surface area contributed by atoms with Crippen molar-refractivity contribution in [2.24, 2.45) is 11.5 Å². The van der Waals surface area contributed by atoms with Crippen molar-refractivity contribution >= 4 is 22.7 Å². The van der Waals surface area contributed by atoms with Crippen LogP contribution in [0.4, 0.5) is 0 Å². The lowest BCUT2D eigenvalue weighted by atomic mass is 10.2. The predicted octanol–water partition coefficient (Wildman–Crippen LogP) is -2.05. The summed E-state index contributed by atoms with van der Waals surface area (Å²) in [7, 11) is -1.46. The lowest BCUT2D eigenvalue weighted by Gasteiger charge is -2.08. The average molecular weight is 238 g/mol. The largest absolute Gasteiger partial charge is 0.480 e. The smallest absolute Gasteiger partial charge is 0.321 e. The molecule has 3 atom stereocenters. The Hall–Kier alpha value is -0.990. The first-order valence-corrected chi connectivity index (χ1v) is 5.65. The molecule has 0 heterocycles. The number of carboxylic acid groups (broad SMARTS) is 2. The van der Waals surface area contributed by atoms with Crippen molar-refractivity contribution in [3.05, 3.63) is 0 Å². The van der Waals surface area contributed by atoms with Gasteiger partial charge in [-0.2, -0.15) is 0 Å². The van der Waals surface area contributed by atoms with Gasteiger partial charge >= 0.3 is 11.9 Å². The molecular weight excluding hydrogens is 224 g/mol. The fraction of sp³-hybridized carbons (Fsp3) is 0.714. The molecule has 8 heteroatoms. The highest BCUT2D eigenvalue weighted by Gasteiger charge is 2.17. The van der Waals surface area contributed by atoms with E-state index in [4.69, 9.17) is 21.7 Å². The Morgan fingerprint density at radius 3 is 2.00 bits per heavy atom. The summed E-state index contributed by atoms with van der Waals surface area (Å²) in [4.78, 5) is 20.6. The molecule has 7 nitrogen and oxygen atoms in total. The second kappa shape index (κ2) is 6.49. The number of carboxylic acids is 2. The summed E-state index contributed by atoms with van der Waals surface area (Å²) in [6.07, 6.45) is 0.0360. The minimum absolute atomic E-state index is 0.0360. The zero-order valence-corrected chi connectivity index (χ0v) is 8.77. The summed E-state index contributed by atoms with van der Waals surface area (Å²) in [5.74, 6) is -2.56. The van der Waals surface area contributed by atoms with Crippen molar-refractivity contribution in [3.63, 3.8) is 0 Å². The lowest BCUT2D eigenvalue weighted by Crippen LogP contribution is -2.37. The van der Waals surface area contributed by atoms with Crippen molar-refractivity contribution < 1.29 is 24.0 Å². The Morgan fingerprint density at radius 1 is 1.13 bits per heavy atom. The molecule has 15 heavy (non-hydrogen) atoms. The molecule has 0 amide bonds. The second-order valence-corrected chi connectivity index (χ2v) is 4.61. The molecule has 0 aromatic rings. The fourth-order valence-corrected chi connectivity index (χ4v) is 1.96. The van der Waals surface area contributed by atoms with Crippen LogP contribution < -0.4 is 11.5 Å². The SMILES string of the molecule is N[C@@H](CCS(=O)C[C@H](N)C(=O)O)C(=O)O. The van der Waals surface area contributed by atoms with Crippen LogP contribution in [0.3, 0.4) is 0 Å². The molecule has 0 rings (SSSR count). The highest BCUT2D eigenvalue weighted by atomic mass is 32.2. The quantitative estimate of drug-likeness (QED) is 0.399. The maximum Gasteiger partial charge on any atom is 0.321 e. The van der Waals surface area contributed by atoms with Gasteiger partial charge in [-0.15, -0.1) is 0 Å². The van der Waals surface area contributed by atoms with E-state index in [2.05, 4.69) is 0 Å². The number of nitrogens with two attached hydrogens (primary N) is 2. The fourth-order valence-electron chi connectivity index (χ4n) is 0.737. The molecule has 0 saturated heterocycles. The van der Waals surface area contributed by atoms with Crippen molar-refractivity contribution in [1.82, 2.24) is 0 Å². The molecule has 0 aliphatic carbocycles. The lowest BCUT2D eigenvalue weighted by molar-refractivity contribution is -0.139. The molecular formula is C7H14N2O5S. The summed E-state index contributed by atoms with van der Waals surface area (Å²) >= 11 is 0. The minimum atomic E-state index is -1.46. The van der Waals surface area contributed by atoms with Crippen molar-refractivity contribution in [1.29, 1.82) is 0 Å². The molecule has 88 valence electrons. The summed E-state index contributed by atoms with van der Waals surface area (Å²) < 4.78 is 11.2. The predicted molar refractivity (Wildman–Crippen MR) is 53.7 cm³/mol. The van der Waals surface area contributed by atoms with Gasteiger partial charge in [0.25, 0.3) is 0 Å². The Balaban J connectivity index is 3.85. The monoisotopic (exact) mass is 238 g/mol. The normalized spacial score (nSPS) is 16.7. The van der Waals surface area contributed by atoms with Crippen LogP contribution in [-0.4, -0.2) is 49.9 Å². The molecule has 0 saturated carbocycles. The molecule has 0 aliphatic heterocycles. The topological polar surface area (TPSA) is 144 Å². The highest BCUT2D eigenvalue weighted by molar-refractivity contribution is 7.85. The van der Waals surface area contributed by atoms with Gasteiger partial charge in [0.2, 0.25) is 0 Å². The maximum atomic E-state index is 11.2. The first-order valence-electron chi connectivity index (χ1n) is 4.16. The third-order valence-corrected chi connectivity index (χ3v) is 3.08. The van der Waals surface area contributed by atoms with Crippen molar-refractivity contribution in [2.45, 2.75) is 18.5 Å². The molecule has 0 aromatic heterocycles. The van der Waals surface area contributed by atoms with E-state index in [9.17, 15) is 13.8 Å². The number of rotatable bonds is 7. The third kappa shape index (κ3) is 6.15. The molecule has 0 aliphatic rings. The van der Waals surface area contributed by atoms with E-state index in [-0.39, 0.29) is 17.9 Å². The molecule has 0 bridgehead atoms. The van der Waals surface area contributed by atoms with E-state index in [1.165, 1.54) is 0 Å². The highest BCUT2D eigenvalue weighted by Crippen LogP contribution is 1.95. The van der Waals surface area contributed by atoms with Crippen LogP contribution in [-0.2, 0) is 20.4 Å². The van der Waals surface area contributed by atoms with Gasteiger partial charge in [-0.3, -0.25) is 13.8 Å². The van der Waals surface area contributed by atoms with Gasteiger partial charge in [0.05, 0.1) is 0 Å². The van der Waals surface area contributed by atoms with Crippen LogP contribution in [0.25, 0.3) is 0 Å². The van der Waals surface area contributed by atoms with E-state index in [0.717, 1.165) is 0 Å². The van der Waals surface area contributed by atoms with Gasteiger partial charge in [-0.25, -0.2) is 0 Å². The van der Waals surface area contributed by atoms with Crippen LogP contribution in [0.2, 0.25) is 0 Å². The second-order valence-electron chi connectivity index (χ2n) is 2.99. The van der Waals surface area contributed by atoms with Crippen LogP contribution in [0.1, 0.15) is 6.42 Å². The zero-order chi connectivity index (χ0) is 12.0. The van der Waals surface area contributed by atoms with E-state index in [0.29, 0.717) is 0 Å². The number of hydrogen-bond donors (Lipinski definition) is 4. The Bertz CT molecular complexity index is 270. The van der Waals surface area contributed by atoms with Gasteiger partial charge in [0.15, 0.2) is 0 Å². The van der Waals surface area contributed by atoms with E-state index < -0.39 is 34.8 Å². The standard InChI is InChI=1S/C7H14N2O5S/c8-4(6(10)11)1-2-15(14)3-5(9)7(12)13/h4-5H,1-3,8-9H2,(H,10,11)(H,12,13)/t4-,5-,15?/m0/s1. The summed E-state index contributed by atoms with van der Waals surface area (Å²) in [6, 6.07) is -2.26. The minimum Gasteiger partial charge on any atom is -0.480 e. The number of carbonyl (C=O) groups is 2. The van der Waals surface area contributed by atoms with Gasteiger partial charge in [0.1, 0.15) is 12.1 Å². The van der Waals surface area contributed by atoms with Gasteiger partial charge in [0, 0.05) is 22.3 Å². The van der Waals surface area contributed by atoms with Crippen LogP contribution >= 0.6 is 0 Å².